The van der Waals surface area contributed by atoms with Gasteiger partial charge in [0.2, 0.25) is 10.0 Å². The molecule has 0 aromatic heterocycles. The van der Waals surface area contributed by atoms with Crippen LogP contribution in [-0.2, 0) is 10.0 Å². The lowest BCUT2D eigenvalue weighted by atomic mass is 10.0. The van der Waals surface area contributed by atoms with E-state index in [0.717, 1.165) is 31.7 Å². The normalized spacial score (nSPS) is 16.3. The first-order valence-electron chi connectivity index (χ1n) is 11.1. The van der Waals surface area contributed by atoms with E-state index in [2.05, 4.69) is 14.5 Å². The van der Waals surface area contributed by atoms with Gasteiger partial charge in [-0.3, -0.25) is 4.90 Å². The molecule has 0 spiro atoms. The fourth-order valence-corrected chi connectivity index (χ4v) is 4.96. The molecule has 9 heteroatoms. The highest BCUT2D eigenvalue weighted by atomic mass is 32.2. The number of piperazine rings is 1. The van der Waals surface area contributed by atoms with Crippen LogP contribution in [0.5, 0.6) is 23.0 Å². The van der Waals surface area contributed by atoms with E-state index >= 15 is 0 Å². The van der Waals surface area contributed by atoms with Gasteiger partial charge in [0.1, 0.15) is 11.5 Å². The molecule has 3 aromatic carbocycles. The van der Waals surface area contributed by atoms with Crippen LogP contribution < -0.4 is 9.46 Å². The maximum absolute atomic E-state index is 13.0. The van der Waals surface area contributed by atoms with Crippen molar-refractivity contribution >= 4 is 10.0 Å². The zero-order valence-corrected chi connectivity index (χ0v) is 19.8. The van der Waals surface area contributed by atoms with Crippen LogP contribution in [0.1, 0.15) is 11.6 Å². The zero-order valence-electron chi connectivity index (χ0n) is 19.0. The number of sulfonamides is 1. The molecule has 1 saturated heterocycles. The molecule has 0 aliphatic carbocycles. The van der Waals surface area contributed by atoms with Gasteiger partial charge in [0, 0.05) is 38.8 Å². The maximum atomic E-state index is 13.0. The number of aromatic hydroxyl groups is 2. The van der Waals surface area contributed by atoms with Gasteiger partial charge in [-0.05, 0) is 61.1 Å². The van der Waals surface area contributed by atoms with Crippen LogP contribution in [0.25, 0.3) is 0 Å². The van der Waals surface area contributed by atoms with Crippen molar-refractivity contribution in [1.82, 2.24) is 14.5 Å². The number of benzene rings is 3. The standard InChI is InChI=1S/C25H29N3O5S/c1-27-13-15-28(16-14-27)23(19-7-12-24(29)25(30)17-19)18-26-34(31,32)22-10-8-21(9-11-22)33-20-5-3-2-4-6-20/h2-12,17,23,26,29-30H,13-16,18H2,1H3. The van der Waals surface area contributed by atoms with Crippen LogP contribution in [0.15, 0.2) is 77.7 Å². The Morgan fingerprint density at radius 1 is 0.882 bits per heavy atom. The Morgan fingerprint density at radius 2 is 1.53 bits per heavy atom. The molecule has 180 valence electrons. The van der Waals surface area contributed by atoms with Gasteiger partial charge in [0.05, 0.1) is 4.90 Å². The van der Waals surface area contributed by atoms with Crippen molar-refractivity contribution in [2.24, 2.45) is 0 Å². The SMILES string of the molecule is CN1CCN(C(CNS(=O)(=O)c2ccc(Oc3ccccc3)cc2)c2ccc(O)c(O)c2)CC1. The lowest BCUT2D eigenvalue weighted by Crippen LogP contribution is -2.48. The van der Waals surface area contributed by atoms with E-state index in [1.807, 2.05) is 37.4 Å². The Kier molecular flexibility index (Phi) is 7.38. The van der Waals surface area contributed by atoms with Gasteiger partial charge in [-0.15, -0.1) is 0 Å². The smallest absolute Gasteiger partial charge is 0.240 e. The number of rotatable bonds is 8. The lowest BCUT2D eigenvalue weighted by molar-refractivity contribution is 0.112. The molecule has 1 aliphatic heterocycles. The molecule has 1 fully saturated rings. The Bertz CT molecular complexity index is 1190. The monoisotopic (exact) mass is 483 g/mol. The molecule has 1 unspecified atom stereocenters. The van der Waals surface area contributed by atoms with E-state index in [1.54, 1.807) is 18.2 Å². The first-order chi connectivity index (χ1) is 16.3. The molecular formula is C25H29N3O5S. The Hall–Kier alpha value is -3.11. The largest absolute Gasteiger partial charge is 0.504 e. The summed E-state index contributed by atoms with van der Waals surface area (Å²) < 4.78 is 34.5. The van der Waals surface area contributed by atoms with Crippen molar-refractivity contribution in [3.63, 3.8) is 0 Å². The molecule has 3 aromatic rings. The Balaban J connectivity index is 1.48. The number of likely N-dealkylation sites (N-methyl/N-ethyl adjacent to an activating group) is 1. The highest BCUT2D eigenvalue weighted by Crippen LogP contribution is 2.31. The molecule has 0 saturated carbocycles. The number of hydrogen-bond donors (Lipinski definition) is 3. The molecule has 4 rings (SSSR count). The van der Waals surface area contributed by atoms with Crippen molar-refractivity contribution in [3.05, 3.63) is 78.4 Å². The third-order valence-electron chi connectivity index (χ3n) is 5.94. The van der Waals surface area contributed by atoms with Gasteiger partial charge in [0.25, 0.3) is 0 Å². The van der Waals surface area contributed by atoms with Crippen LogP contribution in [0, 0.1) is 0 Å². The minimum Gasteiger partial charge on any atom is -0.504 e. The first kappa shape index (κ1) is 24.0. The zero-order chi connectivity index (χ0) is 24.1. The van der Waals surface area contributed by atoms with E-state index in [9.17, 15) is 18.6 Å². The number of ether oxygens (including phenoxy) is 1. The molecule has 8 nitrogen and oxygen atoms in total. The summed E-state index contributed by atoms with van der Waals surface area (Å²) in [4.78, 5) is 4.54. The molecule has 1 atom stereocenters. The highest BCUT2D eigenvalue weighted by Gasteiger charge is 2.26. The Labute approximate surface area is 200 Å². The number of nitrogens with one attached hydrogen (secondary N) is 1. The summed E-state index contributed by atoms with van der Waals surface area (Å²) in [6.45, 7) is 3.36. The number of phenolic OH excluding ortho intramolecular Hbond substituents is 2. The average Bonchev–Trinajstić information content (AvgIpc) is 2.83. The summed E-state index contributed by atoms with van der Waals surface area (Å²) in [6.07, 6.45) is 0. The van der Waals surface area contributed by atoms with E-state index in [-0.39, 0.29) is 29.0 Å². The molecule has 34 heavy (non-hydrogen) atoms. The third-order valence-corrected chi connectivity index (χ3v) is 7.38. The third kappa shape index (κ3) is 5.87. The predicted octanol–water partition coefficient (Wildman–Crippen LogP) is 3.16. The van der Waals surface area contributed by atoms with Crippen LogP contribution in [0.2, 0.25) is 0 Å². The summed E-state index contributed by atoms with van der Waals surface area (Å²) in [7, 11) is -1.73. The van der Waals surface area contributed by atoms with Crippen LogP contribution in [0.3, 0.4) is 0 Å². The molecule has 0 radical (unpaired) electrons. The summed E-state index contributed by atoms with van der Waals surface area (Å²) in [6, 6.07) is 19.9. The minimum absolute atomic E-state index is 0.124. The van der Waals surface area contributed by atoms with Gasteiger partial charge in [-0.2, -0.15) is 0 Å². The number of phenols is 2. The van der Waals surface area contributed by atoms with Crippen LogP contribution in [-0.4, -0.2) is 68.2 Å². The number of para-hydroxylation sites is 1. The fourth-order valence-electron chi connectivity index (χ4n) is 3.92. The molecule has 0 amide bonds. The van der Waals surface area contributed by atoms with Gasteiger partial charge in [-0.1, -0.05) is 24.3 Å². The van der Waals surface area contributed by atoms with Crippen molar-refractivity contribution < 1.29 is 23.4 Å². The highest BCUT2D eigenvalue weighted by molar-refractivity contribution is 7.89. The second-order valence-corrected chi connectivity index (χ2v) is 10.1. The summed E-state index contributed by atoms with van der Waals surface area (Å²) >= 11 is 0. The van der Waals surface area contributed by atoms with Gasteiger partial charge < -0.3 is 19.8 Å². The number of nitrogens with zero attached hydrogens (tertiary/aromatic N) is 2. The van der Waals surface area contributed by atoms with Crippen LogP contribution in [0.4, 0.5) is 0 Å². The van der Waals surface area contributed by atoms with E-state index in [0.29, 0.717) is 11.5 Å². The minimum atomic E-state index is -3.78. The Morgan fingerprint density at radius 3 is 2.18 bits per heavy atom. The molecular weight excluding hydrogens is 454 g/mol. The maximum Gasteiger partial charge on any atom is 0.240 e. The van der Waals surface area contributed by atoms with Gasteiger partial charge >= 0.3 is 0 Å². The topological polar surface area (TPSA) is 102 Å². The first-order valence-corrected chi connectivity index (χ1v) is 12.6. The quantitative estimate of drug-likeness (QED) is 0.423. The van der Waals surface area contributed by atoms with Crippen molar-refractivity contribution in [2.75, 3.05) is 39.8 Å². The summed E-state index contributed by atoms with van der Waals surface area (Å²) in [5.74, 6) is 0.774. The number of hydrogen-bond acceptors (Lipinski definition) is 7. The van der Waals surface area contributed by atoms with Crippen LogP contribution >= 0.6 is 0 Å². The molecule has 0 bridgehead atoms. The van der Waals surface area contributed by atoms with Crippen molar-refractivity contribution in [1.29, 1.82) is 0 Å². The molecule has 1 aliphatic rings. The van der Waals surface area contributed by atoms with E-state index < -0.39 is 10.0 Å². The summed E-state index contributed by atoms with van der Waals surface area (Å²) in [5.41, 5.74) is 0.731. The fraction of sp³-hybridized carbons (Fsp3) is 0.280. The lowest BCUT2D eigenvalue weighted by Gasteiger charge is -2.38. The van der Waals surface area contributed by atoms with Gasteiger partial charge in [0.15, 0.2) is 11.5 Å². The summed E-state index contributed by atoms with van der Waals surface area (Å²) in [5, 5.41) is 19.7. The molecule has 1 heterocycles. The van der Waals surface area contributed by atoms with Crippen molar-refractivity contribution in [3.8, 4) is 23.0 Å². The predicted molar refractivity (Wildman–Crippen MR) is 130 cm³/mol. The van der Waals surface area contributed by atoms with E-state index in [4.69, 9.17) is 4.74 Å². The van der Waals surface area contributed by atoms with Gasteiger partial charge in [-0.25, -0.2) is 13.1 Å². The molecule has 3 N–H and O–H groups in total. The van der Waals surface area contributed by atoms with E-state index in [1.165, 1.54) is 24.3 Å². The second kappa shape index (κ2) is 10.4. The second-order valence-electron chi connectivity index (χ2n) is 8.34. The van der Waals surface area contributed by atoms with Crippen molar-refractivity contribution in [2.45, 2.75) is 10.9 Å². The average molecular weight is 484 g/mol.